The molecule has 0 fully saturated rings. The van der Waals surface area contributed by atoms with Gasteiger partial charge < -0.3 is 19.6 Å². The molecule has 3 heterocycles. The Morgan fingerprint density at radius 1 is 1.21 bits per heavy atom. The molecule has 5 rings (SSSR count). The minimum Gasteiger partial charge on any atom is -0.492 e. The molecule has 1 aliphatic heterocycles. The van der Waals surface area contributed by atoms with Gasteiger partial charge in [0.25, 0.3) is 0 Å². The van der Waals surface area contributed by atoms with Gasteiger partial charge in [-0.25, -0.2) is 18.1 Å². The standard InChI is InChI=1S/C25H25N3O5S/c1-32-24-7-6-17(13-27-24)18-10-16-8-9-33-25(16)23(12-18)34(30,31)28-20(15-29)11-19-14-26-22-5-3-2-4-21(19)22/h2-7,10,12-14,20,26,28-29H,8-9,11,15H2,1H3/t20-/m0/s1. The number of aliphatic hydroxyl groups is 1. The number of nitrogens with zero attached hydrogens (tertiary/aromatic N) is 1. The smallest absolute Gasteiger partial charge is 0.244 e. The van der Waals surface area contributed by atoms with E-state index in [1.54, 1.807) is 25.4 Å². The van der Waals surface area contributed by atoms with Gasteiger partial charge in [-0.3, -0.25) is 0 Å². The summed E-state index contributed by atoms with van der Waals surface area (Å²) >= 11 is 0. The van der Waals surface area contributed by atoms with Crippen LogP contribution in [0, 0.1) is 0 Å². The number of rotatable bonds is 8. The summed E-state index contributed by atoms with van der Waals surface area (Å²) in [4.78, 5) is 7.48. The van der Waals surface area contributed by atoms with Crippen LogP contribution in [0.1, 0.15) is 11.1 Å². The number of fused-ring (bicyclic) bond motifs is 2. The predicted octanol–water partition coefficient (Wildman–Crippen LogP) is 3.06. The fourth-order valence-corrected chi connectivity index (χ4v) is 5.74. The lowest BCUT2D eigenvalue weighted by atomic mass is 10.0. The Morgan fingerprint density at radius 2 is 2.06 bits per heavy atom. The molecule has 4 aromatic rings. The highest BCUT2D eigenvalue weighted by Crippen LogP contribution is 2.37. The highest BCUT2D eigenvalue weighted by molar-refractivity contribution is 7.89. The minimum atomic E-state index is -3.99. The van der Waals surface area contributed by atoms with Crippen LogP contribution in [-0.4, -0.2) is 49.9 Å². The monoisotopic (exact) mass is 479 g/mol. The van der Waals surface area contributed by atoms with Gasteiger partial charge in [0.1, 0.15) is 10.6 Å². The van der Waals surface area contributed by atoms with Crippen molar-refractivity contribution < 1.29 is 23.0 Å². The van der Waals surface area contributed by atoms with Crippen LogP contribution in [0.25, 0.3) is 22.0 Å². The minimum absolute atomic E-state index is 0.0608. The number of para-hydroxylation sites is 1. The van der Waals surface area contributed by atoms with E-state index in [2.05, 4.69) is 14.7 Å². The molecule has 1 atom stereocenters. The van der Waals surface area contributed by atoms with Crippen molar-refractivity contribution in [1.82, 2.24) is 14.7 Å². The highest BCUT2D eigenvalue weighted by Gasteiger charge is 2.29. The van der Waals surface area contributed by atoms with Gasteiger partial charge in [0.15, 0.2) is 0 Å². The number of aromatic nitrogens is 2. The summed E-state index contributed by atoms with van der Waals surface area (Å²) in [6.45, 7) is 0.0742. The summed E-state index contributed by atoms with van der Waals surface area (Å²) in [6.07, 6.45) is 4.45. The van der Waals surface area contributed by atoms with E-state index >= 15 is 0 Å². The summed E-state index contributed by atoms with van der Waals surface area (Å²) < 4.78 is 40.5. The zero-order valence-electron chi connectivity index (χ0n) is 18.6. The molecule has 2 aromatic heterocycles. The van der Waals surface area contributed by atoms with E-state index in [1.165, 1.54) is 0 Å². The molecule has 0 saturated heterocycles. The SMILES string of the molecule is COc1ccc(-c2cc3c(c(S(=O)(=O)N[C@H](CO)Cc4c[nH]c5ccccc45)c2)OCC3)cn1. The number of H-pyrrole nitrogens is 1. The average molecular weight is 480 g/mol. The van der Waals surface area contributed by atoms with Crippen LogP contribution in [-0.2, 0) is 22.9 Å². The van der Waals surface area contributed by atoms with E-state index < -0.39 is 16.1 Å². The van der Waals surface area contributed by atoms with Crippen molar-refractivity contribution in [1.29, 1.82) is 0 Å². The van der Waals surface area contributed by atoms with Gasteiger partial charge in [0, 0.05) is 47.4 Å². The van der Waals surface area contributed by atoms with Crippen LogP contribution in [0.3, 0.4) is 0 Å². The van der Waals surface area contributed by atoms with E-state index in [0.717, 1.165) is 33.2 Å². The van der Waals surface area contributed by atoms with Crippen molar-refractivity contribution in [3.63, 3.8) is 0 Å². The van der Waals surface area contributed by atoms with Gasteiger partial charge in [-0.1, -0.05) is 18.2 Å². The van der Waals surface area contributed by atoms with E-state index in [-0.39, 0.29) is 11.5 Å². The number of nitrogens with one attached hydrogen (secondary N) is 2. The first kappa shape index (κ1) is 22.4. The first-order valence-corrected chi connectivity index (χ1v) is 12.4. The number of aliphatic hydroxyl groups excluding tert-OH is 1. The first-order valence-electron chi connectivity index (χ1n) is 11.0. The Labute approximate surface area is 197 Å². The Morgan fingerprint density at radius 3 is 2.82 bits per heavy atom. The fourth-order valence-electron chi connectivity index (χ4n) is 4.30. The van der Waals surface area contributed by atoms with Crippen molar-refractivity contribution in [2.75, 3.05) is 20.3 Å². The summed E-state index contributed by atoms with van der Waals surface area (Å²) in [6, 6.07) is 14.2. The third-order valence-corrected chi connectivity index (χ3v) is 7.53. The van der Waals surface area contributed by atoms with E-state index in [9.17, 15) is 13.5 Å². The molecule has 0 radical (unpaired) electrons. The quantitative estimate of drug-likeness (QED) is 0.358. The van der Waals surface area contributed by atoms with Gasteiger partial charge in [0.05, 0.1) is 20.3 Å². The number of sulfonamides is 1. The number of aromatic amines is 1. The molecule has 176 valence electrons. The van der Waals surface area contributed by atoms with E-state index in [1.807, 2.05) is 42.6 Å². The summed E-state index contributed by atoms with van der Waals surface area (Å²) in [5.74, 6) is 0.840. The lowest BCUT2D eigenvalue weighted by Crippen LogP contribution is -2.39. The van der Waals surface area contributed by atoms with Crippen molar-refractivity contribution >= 4 is 20.9 Å². The van der Waals surface area contributed by atoms with Crippen molar-refractivity contribution in [3.8, 4) is 22.8 Å². The number of ether oxygens (including phenoxy) is 2. The lowest BCUT2D eigenvalue weighted by Gasteiger charge is -2.18. The molecule has 1 aliphatic rings. The molecular formula is C25H25N3O5S. The molecule has 0 unspecified atom stereocenters. The van der Waals surface area contributed by atoms with Crippen molar-refractivity contribution in [2.24, 2.45) is 0 Å². The van der Waals surface area contributed by atoms with Crippen LogP contribution >= 0.6 is 0 Å². The van der Waals surface area contributed by atoms with Crippen LogP contribution in [0.2, 0.25) is 0 Å². The molecule has 34 heavy (non-hydrogen) atoms. The maximum Gasteiger partial charge on any atom is 0.244 e. The van der Waals surface area contributed by atoms with Crippen LogP contribution < -0.4 is 14.2 Å². The Balaban J connectivity index is 1.47. The van der Waals surface area contributed by atoms with E-state index in [4.69, 9.17) is 9.47 Å². The summed E-state index contributed by atoms with van der Waals surface area (Å²) in [7, 11) is -2.45. The van der Waals surface area contributed by atoms with Crippen molar-refractivity contribution in [2.45, 2.75) is 23.8 Å². The Kier molecular flexibility index (Phi) is 5.99. The molecule has 0 spiro atoms. The Bertz CT molecular complexity index is 1430. The molecule has 0 saturated carbocycles. The zero-order chi connectivity index (χ0) is 23.7. The predicted molar refractivity (Wildman–Crippen MR) is 129 cm³/mol. The summed E-state index contributed by atoms with van der Waals surface area (Å²) in [5, 5.41) is 11.0. The number of methoxy groups -OCH3 is 1. The van der Waals surface area contributed by atoms with Gasteiger partial charge in [-0.2, -0.15) is 0 Å². The first-order chi connectivity index (χ1) is 16.5. The lowest BCUT2D eigenvalue weighted by molar-refractivity contribution is 0.256. The zero-order valence-corrected chi connectivity index (χ0v) is 19.4. The third kappa shape index (κ3) is 4.25. The third-order valence-electron chi connectivity index (χ3n) is 6.00. The topological polar surface area (TPSA) is 114 Å². The second-order valence-electron chi connectivity index (χ2n) is 8.21. The van der Waals surface area contributed by atoms with Crippen LogP contribution in [0.5, 0.6) is 11.6 Å². The maximum absolute atomic E-state index is 13.5. The maximum atomic E-state index is 13.5. The molecular weight excluding hydrogens is 454 g/mol. The number of pyridine rings is 1. The fraction of sp³-hybridized carbons (Fsp3) is 0.240. The van der Waals surface area contributed by atoms with Gasteiger partial charge in [0.2, 0.25) is 15.9 Å². The largest absolute Gasteiger partial charge is 0.492 e. The second kappa shape index (κ2) is 9.09. The normalized spacial score (nSPS) is 14.1. The van der Waals surface area contributed by atoms with Gasteiger partial charge in [-0.15, -0.1) is 0 Å². The summed E-state index contributed by atoms with van der Waals surface area (Å²) in [5.41, 5.74) is 4.20. The Hall–Kier alpha value is -3.40. The van der Waals surface area contributed by atoms with Crippen LogP contribution in [0.4, 0.5) is 0 Å². The number of hydrogen-bond acceptors (Lipinski definition) is 6. The number of hydrogen-bond donors (Lipinski definition) is 3. The molecule has 0 bridgehead atoms. The van der Waals surface area contributed by atoms with Gasteiger partial charge in [-0.05, 0) is 47.4 Å². The molecule has 8 nitrogen and oxygen atoms in total. The van der Waals surface area contributed by atoms with Gasteiger partial charge >= 0.3 is 0 Å². The van der Waals surface area contributed by atoms with E-state index in [0.29, 0.717) is 31.1 Å². The molecule has 9 heteroatoms. The molecule has 2 aromatic carbocycles. The van der Waals surface area contributed by atoms with Crippen molar-refractivity contribution in [3.05, 3.63) is 72.1 Å². The average Bonchev–Trinajstić information content (AvgIpc) is 3.50. The molecule has 0 aliphatic carbocycles. The van der Waals surface area contributed by atoms with Crippen LogP contribution in [0.15, 0.2) is 65.8 Å². The highest BCUT2D eigenvalue weighted by atomic mass is 32.2. The molecule has 0 amide bonds. The molecule has 3 N–H and O–H groups in total. The second-order valence-corrected chi connectivity index (χ2v) is 9.90. The number of benzene rings is 2.